The zero-order valence-corrected chi connectivity index (χ0v) is 17.9. The van der Waals surface area contributed by atoms with E-state index < -0.39 is 15.1 Å². The van der Waals surface area contributed by atoms with E-state index in [4.69, 9.17) is 4.74 Å². The highest BCUT2D eigenvalue weighted by Gasteiger charge is 2.24. The van der Waals surface area contributed by atoms with E-state index in [1.165, 1.54) is 11.8 Å². The van der Waals surface area contributed by atoms with Crippen LogP contribution in [0.2, 0.25) is 0 Å². The molecule has 2 rings (SSSR count). The number of nitrogens with zero attached hydrogens (tertiary/aromatic N) is 3. The number of aromatic nitrogens is 3. The van der Waals surface area contributed by atoms with Crippen LogP contribution in [0, 0.1) is 5.92 Å². The van der Waals surface area contributed by atoms with Crippen molar-refractivity contribution < 1.29 is 17.9 Å². The van der Waals surface area contributed by atoms with Crippen molar-refractivity contribution in [1.82, 2.24) is 14.8 Å². The molecule has 0 N–H and O–H groups in total. The van der Waals surface area contributed by atoms with Crippen molar-refractivity contribution in [2.45, 2.75) is 48.4 Å². The number of esters is 1. The molecule has 2 aromatic rings. The summed E-state index contributed by atoms with van der Waals surface area (Å²) in [5.41, 5.74) is 0. The smallest absolute Gasteiger partial charge is 0.319 e. The van der Waals surface area contributed by atoms with Gasteiger partial charge < -0.3 is 9.30 Å². The van der Waals surface area contributed by atoms with Gasteiger partial charge in [-0.2, -0.15) is 0 Å². The second kappa shape index (κ2) is 9.88. The largest absolute Gasteiger partial charge is 0.465 e. The summed E-state index contributed by atoms with van der Waals surface area (Å²) >= 11 is 1.18. The molecule has 9 heteroatoms. The lowest BCUT2D eigenvalue weighted by Gasteiger charge is -2.13. The van der Waals surface area contributed by atoms with Crippen molar-refractivity contribution in [3.63, 3.8) is 0 Å². The average molecular weight is 424 g/mol. The van der Waals surface area contributed by atoms with Crippen LogP contribution in [0.3, 0.4) is 0 Å². The first-order chi connectivity index (χ1) is 13.2. The number of rotatable bonds is 10. The van der Waals surface area contributed by atoms with E-state index in [0.29, 0.717) is 24.1 Å². The maximum absolute atomic E-state index is 12.7. The third-order valence-corrected chi connectivity index (χ3v) is 6.39. The number of hydrogen-bond donors (Lipinski definition) is 0. The summed E-state index contributed by atoms with van der Waals surface area (Å²) in [7, 11) is -3.56. The van der Waals surface area contributed by atoms with E-state index in [-0.39, 0.29) is 22.5 Å². The number of sulfone groups is 1. The van der Waals surface area contributed by atoms with Crippen LogP contribution in [-0.2, 0) is 31.7 Å². The van der Waals surface area contributed by atoms with Crippen LogP contribution < -0.4 is 0 Å². The molecule has 0 amide bonds. The number of carbonyl (C=O) groups is 1. The van der Waals surface area contributed by atoms with Gasteiger partial charge in [0.1, 0.15) is 16.8 Å². The van der Waals surface area contributed by atoms with Crippen LogP contribution in [0.4, 0.5) is 0 Å². The number of benzene rings is 1. The van der Waals surface area contributed by atoms with Crippen molar-refractivity contribution >= 4 is 27.6 Å². The molecule has 0 aliphatic heterocycles. The van der Waals surface area contributed by atoms with Gasteiger partial charge in [0.2, 0.25) is 0 Å². The minimum Gasteiger partial charge on any atom is -0.465 e. The molecule has 0 spiro atoms. The predicted octanol–water partition coefficient (Wildman–Crippen LogP) is 3.12. The molecule has 0 saturated carbocycles. The van der Waals surface area contributed by atoms with Crippen LogP contribution >= 0.6 is 11.8 Å². The molecule has 28 heavy (non-hydrogen) atoms. The van der Waals surface area contributed by atoms with Crippen molar-refractivity contribution in [3.8, 4) is 0 Å². The number of hydrogen-bond acceptors (Lipinski definition) is 7. The first-order valence-corrected chi connectivity index (χ1v) is 11.4. The first-order valence-electron chi connectivity index (χ1n) is 8.88. The fourth-order valence-corrected chi connectivity index (χ4v) is 4.45. The topological polar surface area (TPSA) is 91.1 Å². The minimum atomic E-state index is -3.56. The van der Waals surface area contributed by atoms with Crippen LogP contribution in [0.25, 0.3) is 0 Å². The Bertz CT molecular complexity index is 909. The fourth-order valence-electron chi connectivity index (χ4n) is 2.28. The monoisotopic (exact) mass is 423 g/mol. The van der Waals surface area contributed by atoms with Gasteiger partial charge in [0, 0.05) is 6.54 Å². The summed E-state index contributed by atoms with van der Waals surface area (Å²) in [6.45, 7) is 10.0. The molecule has 0 aliphatic carbocycles. The summed E-state index contributed by atoms with van der Waals surface area (Å²) in [6, 6.07) is 8.20. The molecule has 1 aromatic carbocycles. The van der Waals surface area contributed by atoms with E-state index in [9.17, 15) is 13.2 Å². The Balaban J connectivity index is 2.19. The summed E-state index contributed by atoms with van der Waals surface area (Å²) in [5.74, 6) is -0.0791. The molecule has 1 atom stereocenters. The quantitative estimate of drug-likeness (QED) is 0.329. The van der Waals surface area contributed by atoms with E-state index in [2.05, 4.69) is 16.8 Å². The van der Waals surface area contributed by atoms with Crippen molar-refractivity contribution in [2.24, 2.45) is 5.92 Å². The van der Waals surface area contributed by atoms with Gasteiger partial charge in [-0.05, 0) is 25.0 Å². The van der Waals surface area contributed by atoms with Crippen molar-refractivity contribution in [1.29, 1.82) is 0 Å². The highest BCUT2D eigenvalue weighted by atomic mass is 32.2. The Morgan fingerprint density at radius 3 is 2.54 bits per heavy atom. The Morgan fingerprint density at radius 2 is 1.93 bits per heavy atom. The molecule has 1 aromatic heterocycles. The number of ether oxygens (including phenoxy) is 1. The zero-order chi connectivity index (χ0) is 20.7. The van der Waals surface area contributed by atoms with Gasteiger partial charge in [-0.1, -0.05) is 49.9 Å². The summed E-state index contributed by atoms with van der Waals surface area (Å²) in [5, 5.41) is 8.09. The molecule has 7 nitrogen and oxygen atoms in total. The predicted molar refractivity (Wildman–Crippen MR) is 109 cm³/mol. The zero-order valence-electron chi connectivity index (χ0n) is 16.2. The van der Waals surface area contributed by atoms with Gasteiger partial charge in [0.05, 0.1) is 11.5 Å². The molecule has 0 radical (unpaired) electrons. The molecule has 0 saturated heterocycles. The van der Waals surface area contributed by atoms with E-state index >= 15 is 0 Å². The molecule has 1 unspecified atom stereocenters. The lowest BCUT2D eigenvalue weighted by Crippen LogP contribution is -2.20. The second-order valence-corrected chi connectivity index (χ2v) is 9.95. The molecular formula is C19H25N3O4S2. The van der Waals surface area contributed by atoms with Crippen molar-refractivity contribution in [2.75, 3.05) is 6.61 Å². The third kappa shape index (κ3) is 5.93. The summed E-state index contributed by atoms with van der Waals surface area (Å²) in [6.07, 6.45) is 1.63. The normalized spacial score (nSPS) is 12.7. The molecule has 152 valence electrons. The molecule has 0 fully saturated rings. The summed E-state index contributed by atoms with van der Waals surface area (Å²) in [4.78, 5) is 12.4. The van der Waals surface area contributed by atoms with Crippen LogP contribution in [0.15, 0.2) is 53.0 Å². The van der Waals surface area contributed by atoms with Gasteiger partial charge in [0.15, 0.2) is 15.0 Å². The Labute approximate surface area is 170 Å². The summed E-state index contributed by atoms with van der Waals surface area (Å²) < 4.78 is 32.2. The average Bonchev–Trinajstić information content (AvgIpc) is 3.01. The van der Waals surface area contributed by atoms with E-state index in [1.54, 1.807) is 47.9 Å². The lowest BCUT2D eigenvalue weighted by molar-refractivity contribution is -0.143. The Hall–Kier alpha value is -2.13. The molecular weight excluding hydrogens is 398 g/mol. The Kier molecular flexibility index (Phi) is 7.82. The standard InChI is InChI=1S/C19H25N3O4S2/c1-5-11-22-17(13-28(24,25)16-9-7-6-8-10-16)20-21-19(22)27-15(4)18(23)26-12-14(2)3/h5-10,14-15H,1,11-13H2,2-4H3. The molecule has 0 aliphatic rings. The SMILES string of the molecule is C=CCn1c(CS(=O)(=O)c2ccccc2)nnc1SC(C)C(=O)OCC(C)C. The minimum absolute atomic E-state index is 0.225. The number of thioether (sulfide) groups is 1. The van der Waals surface area contributed by atoms with Crippen molar-refractivity contribution in [3.05, 3.63) is 48.8 Å². The maximum atomic E-state index is 12.7. The number of carbonyl (C=O) groups excluding carboxylic acids is 1. The first kappa shape index (κ1) is 22.2. The van der Waals surface area contributed by atoms with Crippen LogP contribution in [-0.4, -0.2) is 41.0 Å². The van der Waals surface area contributed by atoms with E-state index in [1.807, 2.05) is 13.8 Å². The van der Waals surface area contributed by atoms with Gasteiger partial charge >= 0.3 is 5.97 Å². The van der Waals surface area contributed by atoms with Crippen LogP contribution in [0.5, 0.6) is 0 Å². The fraction of sp³-hybridized carbons (Fsp3) is 0.421. The molecule has 1 heterocycles. The second-order valence-electron chi connectivity index (χ2n) is 6.65. The maximum Gasteiger partial charge on any atom is 0.319 e. The van der Waals surface area contributed by atoms with Gasteiger partial charge in [0.25, 0.3) is 0 Å². The highest BCUT2D eigenvalue weighted by molar-refractivity contribution is 8.00. The molecule has 0 bridgehead atoms. The van der Waals surface area contributed by atoms with Gasteiger partial charge in [-0.3, -0.25) is 4.79 Å². The van der Waals surface area contributed by atoms with Gasteiger partial charge in [-0.15, -0.1) is 16.8 Å². The number of allylic oxidation sites excluding steroid dienone is 1. The van der Waals surface area contributed by atoms with E-state index in [0.717, 1.165) is 0 Å². The highest BCUT2D eigenvalue weighted by Crippen LogP contribution is 2.25. The lowest BCUT2D eigenvalue weighted by atomic mass is 10.2. The van der Waals surface area contributed by atoms with Gasteiger partial charge in [-0.25, -0.2) is 8.42 Å². The Morgan fingerprint density at radius 1 is 1.25 bits per heavy atom. The third-order valence-electron chi connectivity index (χ3n) is 3.70. The van der Waals surface area contributed by atoms with Crippen LogP contribution in [0.1, 0.15) is 26.6 Å².